The van der Waals surface area contributed by atoms with Crippen LogP contribution in [-0.4, -0.2) is 39.5 Å². The lowest BCUT2D eigenvalue weighted by molar-refractivity contribution is -0.141. The number of benzene rings is 1. The zero-order chi connectivity index (χ0) is 14.9. The van der Waals surface area contributed by atoms with Gasteiger partial charge in [-0.25, -0.2) is 9.38 Å². The van der Waals surface area contributed by atoms with Crippen molar-refractivity contribution in [1.29, 1.82) is 0 Å². The molecule has 1 aromatic rings. The van der Waals surface area contributed by atoms with Gasteiger partial charge in [0.05, 0.1) is 5.92 Å². The van der Waals surface area contributed by atoms with Crippen molar-refractivity contribution in [1.82, 2.24) is 4.90 Å². The van der Waals surface area contributed by atoms with Crippen LogP contribution in [0.25, 0.3) is 0 Å². The van der Waals surface area contributed by atoms with E-state index in [1.807, 2.05) is 18.9 Å². The number of amidine groups is 1. The monoisotopic (exact) mass is 296 g/mol. The minimum Gasteiger partial charge on any atom is -0.481 e. The van der Waals surface area contributed by atoms with Gasteiger partial charge in [0, 0.05) is 18.3 Å². The Kier molecular flexibility index (Phi) is 4.32. The van der Waals surface area contributed by atoms with E-state index >= 15 is 0 Å². The highest BCUT2D eigenvalue weighted by molar-refractivity contribution is 8.14. The Balaban J connectivity index is 2.27. The molecule has 1 heterocycles. The standard InChI is InChI=1S/C14H17FN2O2S/c1-8(13(18)19)12-9(2)17(3)14(20-12)16-11-7-5-4-6-10(11)15/h4-9,12H,1-3H3,(H,18,19). The van der Waals surface area contributed by atoms with Crippen molar-refractivity contribution in [2.45, 2.75) is 25.1 Å². The Morgan fingerprint density at radius 2 is 2.15 bits per heavy atom. The van der Waals surface area contributed by atoms with Crippen LogP contribution in [0.2, 0.25) is 0 Å². The lowest BCUT2D eigenvalue weighted by Gasteiger charge is -2.22. The second-order valence-corrected chi connectivity index (χ2v) is 6.05. The molecule has 6 heteroatoms. The first kappa shape index (κ1) is 14.8. The zero-order valence-electron chi connectivity index (χ0n) is 11.6. The number of para-hydroxylation sites is 1. The first-order chi connectivity index (χ1) is 9.41. The molecule has 2 rings (SSSR count). The predicted octanol–water partition coefficient (Wildman–Crippen LogP) is 2.97. The van der Waals surface area contributed by atoms with Gasteiger partial charge in [0.2, 0.25) is 0 Å². The number of aliphatic imine (C=N–C) groups is 1. The summed E-state index contributed by atoms with van der Waals surface area (Å²) in [5.74, 6) is -1.68. The molecule has 1 N–H and O–H groups in total. The van der Waals surface area contributed by atoms with Gasteiger partial charge in [-0.1, -0.05) is 30.8 Å². The molecule has 1 aliphatic heterocycles. The van der Waals surface area contributed by atoms with Crippen LogP contribution in [0.5, 0.6) is 0 Å². The van der Waals surface area contributed by atoms with E-state index in [4.69, 9.17) is 5.11 Å². The van der Waals surface area contributed by atoms with Gasteiger partial charge in [-0.3, -0.25) is 4.79 Å². The second kappa shape index (κ2) is 5.83. The second-order valence-electron chi connectivity index (χ2n) is 4.91. The lowest BCUT2D eigenvalue weighted by atomic mass is 10.0. The highest BCUT2D eigenvalue weighted by atomic mass is 32.2. The largest absolute Gasteiger partial charge is 0.481 e. The van der Waals surface area contributed by atoms with E-state index in [0.29, 0.717) is 5.17 Å². The summed E-state index contributed by atoms with van der Waals surface area (Å²) in [6.07, 6.45) is 0. The molecule has 3 unspecified atom stereocenters. The number of hydrogen-bond acceptors (Lipinski definition) is 3. The minimum atomic E-state index is -0.824. The summed E-state index contributed by atoms with van der Waals surface area (Å²) in [6.45, 7) is 3.65. The Bertz CT molecular complexity index is 550. The Hall–Kier alpha value is -1.56. The molecule has 1 aliphatic rings. The topological polar surface area (TPSA) is 52.9 Å². The third kappa shape index (κ3) is 2.80. The smallest absolute Gasteiger partial charge is 0.307 e. The van der Waals surface area contributed by atoms with Crippen molar-refractivity contribution < 1.29 is 14.3 Å². The Morgan fingerprint density at radius 3 is 2.75 bits per heavy atom. The van der Waals surface area contributed by atoms with Crippen LogP contribution in [0.15, 0.2) is 29.3 Å². The van der Waals surface area contributed by atoms with Gasteiger partial charge in [-0.15, -0.1) is 0 Å². The molecule has 0 saturated carbocycles. The quantitative estimate of drug-likeness (QED) is 0.931. The fourth-order valence-electron chi connectivity index (χ4n) is 2.11. The van der Waals surface area contributed by atoms with Crippen molar-refractivity contribution in [3.05, 3.63) is 30.1 Å². The SMILES string of the molecule is CC(C(=O)O)C1SC(=Nc2ccccc2F)N(C)C1C. The summed E-state index contributed by atoms with van der Waals surface area (Å²) in [6, 6.07) is 6.34. The molecular formula is C14H17FN2O2S. The normalized spacial score (nSPS) is 26.0. The molecule has 0 amide bonds. The Labute approximate surface area is 121 Å². The summed E-state index contributed by atoms with van der Waals surface area (Å²) in [4.78, 5) is 17.3. The van der Waals surface area contributed by atoms with Crippen LogP contribution >= 0.6 is 11.8 Å². The molecule has 4 nitrogen and oxygen atoms in total. The van der Waals surface area contributed by atoms with Gasteiger partial charge >= 0.3 is 5.97 Å². The van der Waals surface area contributed by atoms with Gasteiger partial charge < -0.3 is 10.0 Å². The number of hydrogen-bond donors (Lipinski definition) is 1. The van der Waals surface area contributed by atoms with Crippen LogP contribution in [0, 0.1) is 11.7 Å². The van der Waals surface area contributed by atoms with E-state index in [2.05, 4.69) is 4.99 Å². The summed E-state index contributed by atoms with van der Waals surface area (Å²) in [5.41, 5.74) is 0.276. The van der Waals surface area contributed by atoms with Crippen LogP contribution in [0.3, 0.4) is 0 Å². The molecule has 108 valence electrons. The van der Waals surface area contributed by atoms with E-state index in [-0.39, 0.29) is 22.8 Å². The molecule has 0 aromatic heterocycles. The van der Waals surface area contributed by atoms with Crippen molar-refractivity contribution in [3.63, 3.8) is 0 Å². The van der Waals surface area contributed by atoms with Gasteiger partial charge in [-0.05, 0) is 19.1 Å². The van der Waals surface area contributed by atoms with E-state index in [1.54, 1.807) is 25.1 Å². The molecule has 0 spiro atoms. The van der Waals surface area contributed by atoms with Crippen LogP contribution in [-0.2, 0) is 4.79 Å². The third-order valence-corrected chi connectivity index (χ3v) is 5.24. The number of aliphatic carboxylic acids is 1. The van der Waals surface area contributed by atoms with Crippen LogP contribution < -0.4 is 0 Å². The number of halogens is 1. The van der Waals surface area contributed by atoms with Gasteiger partial charge in [0.1, 0.15) is 11.5 Å². The highest BCUT2D eigenvalue weighted by Crippen LogP contribution is 2.36. The van der Waals surface area contributed by atoms with Crippen LogP contribution in [0.4, 0.5) is 10.1 Å². The molecule has 20 heavy (non-hydrogen) atoms. The van der Waals surface area contributed by atoms with Gasteiger partial charge in [-0.2, -0.15) is 0 Å². The molecule has 1 aromatic carbocycles. The average molecular weight is 296 g/mol. The van der Waals surface area contributed by atoms with E-state index in [1.165, 1.54) is 17.8 Å². The fourth-order valence-corrected chi connectivity index (χ4v) is 3.54. The maximum Gasteiger partial charge on any atom is 0.307 e. The third-order valence-electron chi connectivity index (χ3n) is 3.58. The molecular weight excluding hydrogens is 279 g/mol. The average Bonchev–Trinajstić information content (AvgIpc) is 2.69. The van der Waals surface area contributed by atoms with E-state index in [0.717, 1.165) is 0 Å². The Morgan fingerprint density at radius 1 is 1.50 bits per heavy atom. The summed E-state index contributed by atoms with van der Waals surface area (Å²) in [7, 11) is 1.85. The number of thioether (sulfide) groups is 1. The number of carboxylic acid groups (broad SMARTS) is 1. The van der Waals surface area contributed by atoms with Crippen molar-refractivity contribution >= 4 is 28.6 Å². The van der Waals surface area contributed by atoms with Gasteiger partial charge in [0.25, 0.3) is 0 Å². The highest BCUT2D eigenvalue weighted by Gasteiger charge is 2.39. The first-order valence-corrected chi connectivity index (χ1v) is 7.25. The van der Waals surface area contributed by atoms with E-state index < -0.39 is 11.9 Å². The number of nitrogens with zero attached hydrogens (tertiary/aromatic N) is 2. The fraction of sp³-hybridized carbons (Fsp3) is 0.429. The molecule has 3 atom stereocenters. The predicted molar refractivity (Wildman–Crippen MR) is 78.9 cm³/mol. The molecule has 1 fully saturated rings. The van der Waals surface area contributed by atoms with Crippen molar-refractivity contribution in [3.8, 4) is 0 Å². The first-order valence-electron chi connectivity index (χ1n) is 6.37. The maximum absolute atomic E-state index is 13.6. The summed E-state index contributed by atoms with van der Waals surface area (Å²) < 4.78 is 13.6. The number of rotatable bonds is 3. The minimum absolute atomic E-state index is 0.0385. The van der Waals surface area contributed by atoms with Crippen molar-refractivity contribution in [2.24, 2.45) is 10.9 Å². The number of carbonyl (C=O) groups is 1. The van der Waals surface area contributed by atoms with E-state index in [9.17, 15) is 9.18 Å². The molecule has 0 radical (unpaired) electrons. The molecule has 0 aliphatic carbocycles. The maximum atomic E-state index is 13.6. The zero-order valence-corrected chi connectivity index (χ0v) is 12.4. The summed E-state index contributed by atoms with van der Waals surface area (Å²) in [5, 5.41) is 9.69. The molecule has 1 saturated heterocycles. The molecule has 0 bridgehead atoms. The van der Waals surface area contributed by atoms with Crippen LogP contribution in [0.1, 0.15) is 13.8 Å². The number of carboxylic acids is 1. The van der Waals surface area contributed by atoms with Crippen molar-refractivity contribution in [2.75, 3.05) is 7.05 Å². The lowest BCUT2D eigenvalue weighted by Crippen LogP contribution is -2.36. The van der Waals surface area contributed by atoms with Gasteiger partial charge in [0.15, 0.2) is 5.17 Å². The summed E-state index contributed by atoms with van der Waals surface area (Å²) >= 11 is 1.40.